The van der Waals surface area contributed by atoms with Crippen molar-refractivity contribution in [1.29, 1.82) is 0 Å². The molecule has 3 aromatic carbocycles. The quantitative estimate of drug-likeness (QED) is 0.240. The van der Waals surface area contributed by atoms with Gasteiger partial charge in [-0.3, -0.25) is 4.55 Å². The molecule has 0 bridgehead atoms. The molecule has 0 saturated heterocycles. The fourth-order valence-electron chi connectivity index (χ4n) is 3.39. The number of alkyl halides is 3. The highest BCUT2D eigenvalue weighted by atomic mass is 32.2. The van der Waals surface area contributed by atoms with Gasteiger partial charge in [0.1, 0.15) is 22.7 Å². The minimum Gasteiger partial charge on any atom is -0.488 e. The number of benzene rings is 3. The fraction of sp³-hybridized carbons (Fsp3) is 0.357. The Morgan fingerprint density at radius 1 is 0.737 bits per heavy atom. The summed E-state index contributed by atoms with van der Waals surface area (Å²) in [6.07, 6.45) is -4.85. The monoisotopic (exact) mass is 570 g/mol. The van der Waals surface area contributed by atoms with E-state index in [0.717, 1.165) is 38.6 Å². The lowest BCUT2D eigenvalue weighted by molar-refractivity contribution is -0.107. The lowest BCUT2D eigenvalue weighted by Gasteiger charge is -2.22. The van der Waals surface area contributed by atoms with Gasteiger partial charge in [0.25, 0.3) is 10.1 Å². The molecular weight excluding hydrogens is 537 g/mol. The normalized spacial score (nSPS) is 12.4. The smallest absolute Gasteiger partial charge is 0.405 e. The Labute approximate surface area is 228 Å². The van der Waals surface area contributed by atoms with Crippen LogP contribution in [-0.4, -0.2) is 36.1 Å². The summed E-state index contributed by atoms with van der Waals surface area (Å²) < 4.78 is 71.5. The molecule has 208 valence electrons. The standard InChI is InChI=1S/C26H30O2S.C2H3F3O3S/c1-25(2,3)27-20-14-10-18(11-15-20)22-8-7-9-23(29)24(22)19-12-16-21(17-13-19)28-26(4,5)6;3-2(4,5)1-9(6,7)8/h7-17,29H,1-6H3;1H2,(H,6,7,8). The third kappa shape index (κ3) is 11.4. The first-order valence-corrected chi connectivity index (χ1v) is 13.7. The molecule has 38 heavy (non-hydrogen) atoms. The van der Waals surface area contributed by atoms with E-state index in [0.29, 0.717) is 0 Å². The summed E-state index contributed by atoms with van der Waals surface area (Å²) >= 11 is 4.74. The summed E-state index contributed by atoms with van der Waals surface area (Å²) in [5.74, 6) is -0.448. The molecule has 3 aromatic rings. The molecule has 0 spiro atoms. The fourth-order valence-corrected chi connectivity index (χ4v) is 4.14. The lowest BCUT2D eigenvalue weighted by Crippen LogP contribution is -2.22. The van der Waals surface area contributed by atoms with Gasteiger partial charge in [-0.05, 0) is 88.6 Å². The van der Waals surface area contributed by atoms with E-state index < -0.39 is 22.0 Å². The van der Waals surface area contributed by atoms with E-state index in [1.165, 1.54) is 0 Å². The van der Waals surface area contributed by atoms with Crippen molar-refractivity contribution in [2.24, 2.45) is 0 Å². The minimum absolute atomic E-state index is 0.214. The molecule has 0 amide bonds. The summed E-state index contributed by atoms with van der Waals surface area (Å²) in [5.41, 5.74) is 4.07. The van der Waals surface area contributed by atoms with Crippen molar-refractivity contribution in [1.82, 2.24) is 0 Å². The maximum Gasteiger partial charge on any atom is 0.405 e. The van der Waals surface area contributed by atoms with Crippen LogP contribution in [0.25, 0.3) is 22.3 Å². The molecule has 0 atom stereocenters. The zero-order valence-corrected chi connectivity index (χ0v) is 23.8. The Morgan fingerprint density at radius 3 is 1.50 bits per heavy atom. The number of rotatable bonds is 5. The van der Waals surface area contributed by atoms with Gasteiger partial charge in [0, 0.05) is 10.5 Å². The molecule has 0 aliphatic heterocycles. The van der Waals surface area contributed by atoms with E-state index >= 15 is 0 Å². The highest BCUT2D eigenvalue weighted by molar-refractivity contribution is 7.85. The summed E-state index contributed by atoms with van der Waals surface area (Å²) in [4.78, 5) is 0.946. The van der Waals surface area contributed by atoms with E-state index in [4.69, 9.17) is 26.7 Å². The van der Waals surface area contributed by atoms with Crippen LogP contribution in [0.3, 0.4) is 0 Å². The SMILES string of the molecule is CC(C)(C)Oc1ccc(-c2cccc(S)c2-c2ccc(OC(C)(C)C)cc2)cc1.O=S(=O)(O)CC(F)(F)F. The molecule has 10 heteroatoms. The van der Waals surface area contributed by atoms with Crippen molar-refractivity contribution in [2.45, 2.75) is 63.8 Å². The van der Waals surface area contributed by atoms with Crippen molar-refractivity contribution < 1.29 is 35.6 Å². The first-order chi connectivity index (χ1) is 17.2. The highest BCUT2D eigenvalue weighted by Crippen LogP contribution is 2.38. The second kappa shape index (κ2) is 12.0. The molecule has 3 rings (SSSR count). The zero-order chi connectivity index (χ0) is 28.9. The molecule has 5 nitrogen and oxygen atoms in total. The minimum atomic E-state index is -4.91. The molecule has 0 saturated carbocycles. The van der Waals surface area contributed by atoms with Crippen LogP contribution in [0.2, 0.25) is 0 Å². The van der Waals surface area contributed by atoms with E-state index in [1.807, 2.05) is 36.4 Å². The molecule has 0 aliphatic rings. The van der Waals surface area contributed by atoms with Gasteiger partial charge in [-0.1, -0.05) is 36.4 Å². The molecule has 0 heterocycles. The molecule has 1 N–H and O–H groups in total. The van der Waals surface area contributed by atoms with Crippen LogP contribution in [0.15, 0.2) is 71.6 Å². The predicted octanol–water partition coefficient (Wildman–Crippen LogP) is 8.10. The molecular formula is C28H33F3O5S2. The van der Waals surface area contributed by atoms with Gasteiger partial charge < -0.3 is 9.47 Å². The van der Waals surface area contributed by atoms with Crippen LogP contribution in [0.1, 0.15) is 41.5 Å². The largest absolute Gasteiger partial charge is 0.488 e. The maximum absolute atomic E-state index is 11.0. The molecule has 0 radical (unpaired) electrons. The Morgan fingerprint density at radius 2 is 1.16 bits per heavy atom. The van der Waals surface area contributed by atoms with Gasteiger partial charge in [0.05, 0.1) is 0 Å². The number of hydrogen-bond donors (Lipinski definition) is 2. The van der Waals surface area contributed by atoms with Gasteiger partial charge in [0.15, 0.2) is 5.75 Å². The van der Waals surface area contributed by atoms with Crippen LogP contribution in [0, 0.1) is 0 Å². The van der Waals surface area contributed by atoms with E-state index in [-0.39, 0.29) is 11.2 Å². The van der Waals surface area contributed by atoms with Gasteiger partial charge in [-0.15, -0.1) is 12.6 Å². The summed E-state index contributed by atoms with van der Waals surface area (Å²) in [6, 6.07) is 22.7. The van der Waals surface area contributed by atoms with Gasteiger partial charge in [-0.2, -0.15) is 21.6 Å². The maximum atomic E-state index is 11.0. The average Bonchev–Trinajstić information content (AvgIpc) is 2.70. The summed E-state index contributed by atoms with van der Waals surface area (Å²) in [5, 5.41) is 0. The third-order valence-electron chi connectivity index (χ3n) is 4.54. The van der Waals surface area contributed by atoms with Crippen molar-refractivity contribution in [3.63, 3.8) is 0 Å². The molecule has 0 fully saturated rings. The predicted molar refractivity (Wildman–Crippen MR) is 148 cm³/mol. The Bertz CT molecular complexity index is 1310. The van der Waals surface area contributed by atoms with Gasteiger partial charge in [-0.25, -0.2) is 0 Å². The van der Waals surface area contributed by atoms with E-state index in [2.05, 4.69) is 71.9 Å². The lowest BCUT2D eigenvalue weighted by atomic mass is 9.94. The molecule has 0 aromatic heterocycles. The summed E-state index contributed by atoms with van der Waals surface area (Å²) in [7, 11) is -4.91. The van der Waals surface area contributed by atoms with Crippen LogP contribution >= 0.6 is 12.6 Å². The van der Waals surface area contributed by atoms with Gasteiger partial charge in [0.2, 0.25) is 0 Å². The number of halogens is 3. The van der Waals surface area contributed by atoms with Crippen LogP contribution in [-0.2, 0) is 10.1 Å². The number of thiol groups is 1. The zero-order valence-electron chi connectivity index (χ0n) is 22.1. The summed E-state index contributed by atoms with van der Waals surface area (Å²) in [6.45, 7) is 12.3. The van der Waals surface area contributed by atoms with Crippen LogP contribution < -0.4 is 9.47 Å². The number of hydrogen-bond acceptors (Lipinski definition) is 5. The number of ether oxygens (including phenoxy) is 2. The second-order valence-corrected chi connectivity index (χ2v) is 12.5. The third-order valence-corrected chi connectivity index (χ3v) is 5.61. The second-order valence-electron chi connectivity index (χ2n) is 10.5. The van der Waals surface area contributed by atoms with Crippen molar-refractivity contribution in [2.75, 3.05) is 5.75 Å². The Kier molecular flexibility index (Phi) is 9.96. The Hall–Kier alpha value is -2.69. The van der Waals surface area contributed by atoms with E-state index in [9.17, 15) is 21.6 Å². The highest BCUT2D eigenvalue weighted by Gasteiger charge is 2.33. The van der Waals surface area contributed by atoms with Crippen LogP contribution in [0.5, 0.6) is 11.5 Å². The van der Waals surface area contributed by atoms with Crippen molar-refractivity contribution >= 4 is 22.7 Å². The molecule has 0 aliphatic carbocycles. The first kappa shape index (κ1) is 31.5. The first-order valence-electron chi connectivity index (χ1n) is 11.7. The topological polar surface area (TPSA) is 72.8 Å². The van der Waals surface area contributed by atoms with Crippen LogP contribution in [0.4, 0.5) is 13.2 Å². The van der Waals surface area contributed by atoms with Gasteiger partial charge >= 0.3 is 6.18 Å². The van der Waals surface area contributed by atoms with Crippen molar-refractivity contribution in [3.05, 3.63) is 66.7 Å². The Balaban J connectivity index is 0.000000484. The average molecular weight is 571 g/mol. The van der Waals surface area contributed by atoms with Crippen molar-refractivity contribution in [3.8, 4) is 33.8 Å². The molecule has 0 unspecified atom stereocenters. The van der Waals surface area contributed by atoms with E-state index in [1.54, 1.807) is 0 Å².